The van der Waals surface area contributed by atoms with Gasteiger partial charge in [0.15, 0.2) is 0 Å². The van der Waals surface area contributed by atoms with Crippen LogP contribution < -0.4 is 15.2 Å². The van der Waals surface area contributed by atoms with E-state index >= 15 is 0 Å². The highest BCUT2D eigenvalue weighted by molar-refractivity contribution is 7.92. The standard InChI is InChI=1S/C23H37N3O4S2/c1-21(2)17-7-9-23(4)18(22(17,3)10-8-19(21)24)12-14-11-15(25-31(5,27)28)13-16(20(14)23)26-32(6,29)30/h11,13,17-19,25-26H,7-10,12,24H2,1-6H3. The number of sulfonamides is 2. The molecule has 0 bridgehead atoms. The van der Waals surface area contributed by atoms with Gasteiger partial charge in [0.1, 0.15) is 0 Å². The molecule has 2 saturated carbocycles. The van der Waals surface area contributed by atoms with Gasteiger partial charge in [-0.2, -0.15) is 0 Å². The number of anilines is 2. The largest absolute Gasteiger partial charge is 0.327 e. The van der Waals surface area contributed by atoms with Gasteiger partial charge in [0.25, 0.3) is 0 Å². The third-order valence-corrected chi connectivity index (χ3v) is 10.2. The fourth-order valence-corrected chi connectivity index (χ4v) is 8.76. The summed E-state index contributed by atoms with van der Waals surface area (Å²) in [5, 5.41) is 0. The Morgan fingerprint density at radius 1 is 0.906 bits per heavy atom. The van der Waals surface area contributed by atoms with Crippen LogP contribution in [-0.2, 0) is 31.9 Å². The Balaban J connectivity index is 1.86. The molecule has 32 heavy (non-hydrogen) atoms. The lowest BCUT2D eigenvalue weighted by Crippen LogP contribution is -2.60. The second-order valence-corrected chi connectivity index (χ2v) is 15.0. The van der Waals surface area contributed by atoms with E-state index in [2.05, 4.69) is 37.1 Å². The van der Waals surface area contributed by atoms with Gasteiger partial charge in [0.2, 0.25) is 20.0 Å². The van der Waals surface area contributed by atoms with E-state index < -0.39 is 20.0 Å². The summed E-state index contributed by atoms with van der Waals surface area (Å²) < 4.78 is 53.4. The number of fused-ring (bicyclic) bond motifs is 5. The molecule has 4 rings (SSSR count). The molecule has 9 heteroatoms. The van der Waals surface area contributed by atoms with Gasteiger partial charge in [0, 0.05) is 6.04 Å². The van der Waals surface area contributed by atoms with Crippen LogP contribution in [0.3, 0.4) is 0 Å². The zero-order valence-electron chi connectivity index (χ0n) is 19.9. The van der Waals surface area contributed by atoms with Crippen LogP contribution in [-0.4, -0.2) is 35.4 Å². The van der Waals surface area contributed by atoms with Crippen LogP contribution >= 0.6 is 0 Å². The highest BCUT2D eigenvalue weighted by Gasteiger charge is 2.62. The lowest BCUT2D eigenvalue weighted by molar-refractivity contribution is -0.107. The van der Waals surface area contributed by atoms with Crippen molar-refractivity contribution in [3.05, 3.63) is 23.3 Å². The van der Waals surface area contributed by atoms with Crippen molar-refractivity contribution >= 4 is 31.4 Å². The molecule has 3 aliphatic rings. The van der Waals surface area contributed by atoms with Crippen molar-refractivity contribution < 1.29 is 16.8 Å². The summed E-state index contributed by atoms with van der Waals surface area (Å²) in [4.78, 5) is 0. The van der Waals surface area contributed by atoms with E-state index in [9.17, 15) is 16.8 Å². The Hall–Kier alpha value is -1.32. The van der Waals surface area contributed by atoms with Crippen LogP contribution in [0.4, 0.5) is 11.4 Å². The number of rotatable bonds is 4. The molecular formula is C23H37N3O4S2. The topological polar surface area (TPSA) is 118 Å². The van der Waals surface area contributed by atoms with E-state index in [0.717, 1.165) is 55.7 Å². The van der Waals surface area contributed by atoms with E-state index in [-0.39, 0.29) is 22.3 Å². The fourth-order valence-electron chi connectivity index (χ4n) is 7.65. The van der Waals surface area contributed by atoms with Crippen LogP contribution in [0.5, 0.6) is 0 Å². The molecular weight excluding hydrogens is 446 g/mol. The average molecular weight is 484 g/mol. The number of nitrogens with two attached hydrogens (primary N) is 1. The molecule has 3 aliphatic carbocycles. The molecule has 0 aliphatic heterocycles. The smallest absolute Gasteiger partial charge is 0.229 e. The molecule has 0 heterocycles. The third kappa shape index (κ3) is 3.74. The molecule has 0 amide bonds. The second kappa shape index (κ2) is 7.09. The van der Waals surface area contributed by atoms with E-state index in [1.807, 2.05) is 6.07 Å². The normalized spacial score (nSPS) is 36.0. The molecule has 1 aromatic rings. The summed E-state index contributed by atoms with van der Waals surface area (Å²) in [6.07, 6.45) is 7.08. The van der Waals surface area contributed by atoms with Crippen LogP contribution in [0.1, 0.15) is 64.5 Å². The molecule has 0 spiro atoms. The van der Waals surface area contributed by atoms with Crippen LogP contribution in [0.25, 0.3) is 0 Å². The van der Waals surface area contributed by atoms with Crippen molar-refractivity contribution in [2.75, 3.05) is 22.0 Å². The van der Waals surface area contributed by atoms with Gasteiger partial charge in [0.05, 0.1) is 23.9 Å². The van der Waals surface area contributed by atoms with Crippen LogP contribution in [0, 0.1) is 22.7 Å². The average Bonchev–Trinajstić information content (AvgIpc) is 2.90. The number of hydrogen-bond acceptors (Lipinski definition) is 5. The van der Waals surface area contributed by atoms with E-state index in [1.54, 1.807) is 6.07 Å². The van der Waals surface area contributed by atoms with E-state index in [1.165, 1.54) is 0 Å². The summed E-state index contributed by atoms with van der Waals surface area (Å²) in [6, 6.07) is 3.71. The summed E-state index contributed by atoms with van der Waals surface area (Å²) in [7, 11) is -7.02. The molecule has 4 N–H and O–H groups in total. The summed E-state index contributed by atoms with van der Waals surface area (Å²) >= 11 is 0. The molecule has 0 radical (unpaired) electrons. The Bertz CT molecular complexity index is 1160. The van der Waals surface area contributed by atoms with Gasteiger partial charge in [-0.3, -0.25) is 9.44 Å². The zero-order valence-corrected chi connectivity index (χ0v) is 21.6. The van der Waals surface area contributed by atoms with E-state index in [4.69, 9.17) is 5.73 Å². The minimum absolute atomic E-state index is 0.0416. The van der Waals surface area contributed by atoms with Crippen molar-refractivity contribution in [1.29, 1.82) is 0 Å². The van der Waals surface area contributed by atoms with Crippen molar-refractivity contribution in [3.8, 4) is 0 Å². The van der Waals surface area contributed by atoms with Gasteiger partial charge >= 0.3 is 0 Å². The van der Waals surface area contributed by atoms with Crippen LogP contribution in [0.2, 0.25) is 0 Å². The van der Waals surface area contributed by atoms with Crippen molar-refractivity contribution in [2.24, 2.45) is 28.4 Å². The number of nitrogens with one attached hydrogen (secondary N) is 2. The Morgan fingerprint density at radius 3 is 2.12 bits per heavy atom. The monoisotopic (exact) mass is 483 g/mol. The van der Waals surface area contributed by atoms with E-state index in [0.29, 0.717) is 23.2 Å². The highest BCUT2D eigenvalue weighted by atomic mass is 32.2. The zero-order chi connectivity index (χ0) is 23.9. The Morgan fingerprint density at radius 2 is 1.53 bits per heavy atom. The molecule has 0 saturated heterocycles. The minimum Gasteiger partial charge on any atom is -0.327 e. The van der Waals surface area contributed by atoms with Gasteiger partial charge in [-0.15, -0.1) is 0 Å². The maximum atomic E-state index is 12.2. The predicted molar refractivity (Wildman–Crippen MR) is 130 cm³/mol. The molecule has 180 valence electrons. The third-order valence-electron chi connectivity index (χ3n) is 8.98. The highest BCUT2D eigenvalue weighted by Crippen LogP contribution is 2.68. The SMILES string of the molecule is CC12CCC3C(C)(C)C(N)CCC3(C)C1Cc1cc(NS(C)(=O)=O)cc(NS(C)(=O)=O)c12. The van der Waals surface area contributed by atoms with Gasteiger partial charge in [-0.1, -0.05) is 27.7 Å². The first-order chi connectivity index (χ1) is 14.5. The van der Waals surface area contributed by atoms with Gasteiger partial charge in [-0.05, 0) is 83.4 Å². The second-order valence-electron chi connectivity index (χ2n) is 11.5. The van der Waals surface area contributed by atoms with Crippen LogP contribution in [0.15, 0.2) is 12.1 Å². The fraction of sp³-hybridized carbons (Fsp3) is 0.739. The maximum Gasteiger partial charge on any atom is 0.229 e. The Kier molecular flexibility index (Phi) is 5.28. The summed E-state index contributed by atoms with van der Waals surface area (Å²) in [5.74, 6) is 0.829. The summed E-state index contributed by atoms with van der Waals surface area (Å²) in [6.45, 7) is 9.27. The molecule has 7 nitrogen and oxygen atoms in total. The predicted octanol–water partition coefficient (Wildman–Crippen LogP) is 3.42. The number of benzene rings is 1. The maximum absolute atomic E-state index is 12.2. The first kappa shape index (κ1) is 23.8. The minimum atomic E-state index is -3.53. The van der Waals surface area contributed by atoms with Crippen molar-refractivity contribution in [1.82, 2.24) is 0 Å². The first-order valence-corrected chi connectivity index (χ1v) is 15.1. The summed E-state index contributed by atoms with van der Waals surface area (Å²) in [5.41, 5.74) is 9.45. The molecule has 5 atom stereocenters. The first-order valence-electron chi connectivity index (χ1n) is 11.4. The van der Waals surface area contributed by atoms with Gasteiger partial charge in [-0.25, -0.2) is 16.8 Å². The molecule has 0 aromatic heterocycles. The molecule has 2 fully saturated rings. The molecule has 1 aromatic carbocycles. The Labute approximate surface area is 193 Å². The lowest BCUT2D eigenvalue weighted by Gasteiger charge is -2.62. The van der Waals surface area contributed by atoms with Crippen molar-refractivity contribution in [3.63, 3.8) is 0 Å². The number of hydrogen-bond donors (Lipinski definition) is 3. The molecule has 5 unspecified atom stereocenters. The van der Waals surface area contributed by atoms with Gasteiger partial charge < -0.3 is 5.73 Å². The van der Waals surface area contributed by atoms with Crippen molar-refractivity contribution in [2.45, 2.75) is 71.3 Å². The lowest BCUT2D eigenvalue weighted by atomic mass is 9.43. The quantitative estimate of drug-likeness (QED) is 0.606.